The average Bonchev–Trinajstić information content (AvgIpc) is 3.30. The molecule has 6 N–H and O–H groups in total. The second-order valence-electron chi connectivity index (χ2n) is 12.0. The van der Waals surface area contributed by atoms with E-state index < -0.39 is 93.8 Å². The molecule has 2 unspecified atom stereocenters. The van der Waals surface area contributed by atoms with Gasteiger partial charge in [0.15, 0.2) is 17.0 Å². The summed E-state index contributed by atoms with van der Waals surface area (Å²) in [4.78, 5) is 43.3. The zero-order valence-corrected chi connectivity index (χ0v) is 27.7. The van der Waals surface area contributed by atoms with Gasteiger partial charge in [-0.15, -0.1) is 0 Å². The van der Waals surface area contributed by atoms with Gasteiger partial charge in [-0.3, -0.25) is 22.9 Å². The summed E-state index contributed by atoms with van der Waals surface area (Å²) in [7, 11) is -4.93. The first kappa shape index (κ1) is 31.9. The van der Waals surface area contributed by atoms with Gasteiger partial charge in [0.05, 0.1) is 43.2 Å². The molecule has 4 aliphatic rings. The highest BCUT2D eigenvalue weighted by Gasteiger charge is 2.74. The molecule has 4 aromatic rings. The Morgan fingerprint density at radius 1 is 1.21 bits per heavy atom. The van der Waals surface area contributed by atoms with Crippen molar-refractivity contribution in [3.05, 3.63) is 33.7 Å². The van der Waals surface area contributed by atoms with Crippen LogP contribution in [0.4, 0.5) is 5.82 Å². The van der Waals surface area contributed by atoms with Gasteiger partial charge in [-0.05, 0) is 30.8 Å². The molecule has 47 heavy (non-hydrogen) atoms. The van der Waals surface area contributed by atoms with E-state index in [2.05, 4.69) is 41.5 Å². The van der Waals surface area contributed by atoms with E-state index in [1.807, 2.05) is 0 Å². The molecule has 23 heteroatoms. The number of rotatable bonds is 3. The van der Waals surface area contributed by atoms with E-state index in [1.165, 1.54) is 12.7 Å². The number of ether oxygens (including phenoxy) is 1. The summed E-state index contributed by atoms with van der Waals surface area (Å²) in [6.45, 7) is -4.18. The monoisotopic (exact) mass is 730 g/mol. The number of H-pyrrole nitrogens is 1. The largest absolute Gasteiger partial charge is 0.472 e. The number of aromatic amines is 1. The maximum atomic E-state index is 13.7. The number of aliphatic hydroxyl groups is 2. The van der Waals surface area contributed by atoms with Crippen LogP contribution in [-0.2, 0) is 32.0 Å². The van der Waals surface area contributed by atoms with Crippen LogP contribution in [0.25, 0.3) is 22.2 Å². The van der Waals surface area contributed by atoms with Crippen LogP contribution in [0.2, 0.25) is 0 Å². The lowest BCUT2D eigenvalue weighted by molar-refractivity contribution is -0.0378. The van der Waals surface area contributed by atoms with Gasteiger partial charge in [-0.1, -0.05) is 12.2 Å². The maximum absolute atomic E-state index is 13.7. The third-order valence-corrected chi connectivity index (χ3v) is 12.9. The third-order valence-electron chi connectivity index (χ3n) is 9.40. The summed E-state index contributed by atoms with van der Waals surface area (Å²) in [6.07, 6.45) is -3.06. The van der Waals surface area contributed by atoms with Crippen molar-refractivity contribution < 1.29 is 47.1 Å². The summed E-state index contributed by atoms with van der Waals surface area (Å²) in [5.74, 6) is -0.971. The number of thiol groups is 1. The minimum absolute atomic E-state index is 0.0309. The van der Waals surface area contributed by atoms with Crippen molar-refractivity contribution in [2.75, 3.05) is 25.6 Å². The quantitative estimate of drug-likeness (QED) is 0.127. The van der Waals surface area contributed by atoms with Gasteiger partial charge >= 0.3 is 14.6 Å². The second kappa shape index (κ2) is 11.1. The van der Waals surface area contributed by atoms with Gasteiger partial charge < -0.3 is 35.1 Å². The summed E-state index contributed by atoms with van der Waals surface area (Å²) < 4.78 is 62.2. The number of nitrogens with one attached hydrogen (secondary N) is 1. The number of phosphoric acid groups is 1. The number of hydrogen-bond donors (Lipinski definition) is 6. The molecule has 252 valence electrons. The molecule has 19 nitrogen and oxygen atoms in total. The van der Waals surface area contributed by atoms with Crippen molar-refractivity contribution in [2.24, 2.45) is 17.3 Å². The standard InChI is InChI=1S/C24H28N8O11P2S2/c1-8-29-12-13(23(35)30-8)31-47-19(12)18-17-9(3-33)11(41-18)4-39-45(38,46)43-20-16(34)15(10-2-24(10,20)5-40-44(36,37)42-17)32-7-28-14-21(25)26-6-27-22(14)32/h6-7,9-11,15-18,20,33-34H,2-5H2,1H3,(H,36,37)(H,38,46)(H2,25,26,27)(H,29,30,35)/t9-,10-,11-,15-,16+,17-,18-,20+,24?,45-/m1/s1. The molecule has 2 aliphatic carbocycles. The minimum atomic E-state index is -4.93. The van der Waals surface area contributed by atoms with Crippen molar-refractivity contribution >= 4 is 66.4 Å². The molecule has 4 aromatic heterocycles. The van der Waals surface area contributed by atoms with Gasteiger partial charge in [-0.25, -0.2) is 29.1 Å². The molecule has 0 amide bonds. The lowest BCUT2D eigenvalue weighted by atomic mass is 9.96. The van der Waals surface area contributed by atoms with E-state index in [4.69, 9.17) is 28.6 Å². The Labute approximate surface area is 273 Å². The molecule has 2 saturated carbocycles. The normalized spacial score (nSPS) is 40.4. The lowest BCUT2D eigenvalue weighted by Crippen LogP contribution is -2.37. The Morgan fingerprint density at radius 3 is 2.81 bits per heavy atom. The Bertz CT molecular complexity index is 2060. The van der Waals surface area contributed by atoms with Crippen molar-refractivity contribution in [3.8, 4) is 0 Å². The second-order valence-corrected chi connectivity index (χ2v) is 17.1. The summed E-state index contributed by atoms with van der Waals surface area (Å²) in [5.41, 5.74) is 5.24. The number of hydrogen-bond acceptors (Lipinski definition) is 17. The van der Waals surface area contributed by atoms with E-state index in [1.54, 1.807) is 11.5 Å². The molecule has 2 saturated heterocycles. The molecule has 2 aliphatic heterocycles. The number of nitrogen functional groups attached to an aromatic ring is 1. The van der Waals surface area contributed by atoms with Gasteiger partial charge in [0, 0.05) is 11.3 Å². The molecule has 0 aromatic carbocycles. The van der Waals surface area contributed by atoms with Gasteiger partial charge in [0.25, 0.3) is 5.56 Å². The Balaban J connectivity index is 1.15. The highest BCUT2D eigenvalue weighted by molar-refractivity contribution is 8.44. The molecule has 2 bridgehead atoms. The van der Waals surface area contributed by atoms with Crippen molar-refractivity contribution in [2.45, 2.75) is 49.9 Å². The first-order valence-corrected chi connectivity index (χ1v) is 19.3. The Morgan fingerprint density at radius 2 is 2.02 bits per heavy atom. The fourth-order valence-corrected chi connectivity index (χ4v) is 10.6. The van der Waals surface area contributed by atoms with E-state index in [0.29, 0.717) is 28.3 Å². The number of aliphatic hydroxyl groups excluding tert-OH is 2. The van der Waals surface area contributed by atoms with Crippen molar-refractivity contribution in [1.29, 1.82) is 0 Å². The van der Waals surface area contributed by atoms with Crippen molar-refractivity contribution in [1.82, 2.24) is 33.9 Å². The van der Waals surface area contributed by atoms with Gasteiger partial charge in [-0.2, -0.15) is 4.37 Å². The fourth-order valence-electron chi connectivity index (χ4n) is 7.18. The summed E-state index contributed by atoms with van der Waals surface area (Å²) in [6, 6.07) is -0.732. The number of aryl methyl sites for hydroxylation is 1. The Kier molecular flexibility index (Phi) is 7.50. The molecule has 11 atom stereocenters. The van der Waals surface area contributed by atoms with E-state index in [-0.39, 0.29) is 16.9 Å². The van der Waals surface area contributed by atoms with Crippen LogP contribution in [0.15, 0.2) is 17.4 Å². The number of fused-ring (bicyclic) bond motifs is 4. The van der Waals surface area contributed by atoms with Crippen LogP contribution in [-0.4, -0.2) is 93.2 Å². The SMILES string of the molecule is Cc1nc2c([C@@H]3O[C@@H]4CO[P@@](=O)(S)O[C@H]5[C@@H](O)[C@H](n6cnc7c(N)ncnc76)[C@H]6CC65COP(=O)(O)O[C@@H]3[C@@H]4CO)snc2c(=O)[nH]1. The van der Waals surface area contributed by atoms with Gasteiger partial charge in [0.2, 0.25) is 0 Å². The molecule has 6 heterocycles. The van der Waals surface area contributed by atoms with Crippen LogP contribution in [0.1, 0.15) is 29.3 Å². The maximum Gasteiger partial charge on any atom is 0.472 e. The number of nitrogens with zero attached hydrogens (tertiary/aromatic N) is 6. The highest BCUT2D eigenvalue weighted by Crippen LogP contribution is 2.73. The first-order valence-electron chi connectivity index (χ1n) is 14.4. The molecular formula is C24H28N8O11P2S2. The van der Waals surface area contributed by atoms with Gasteiger partial charge in [0.1, 0.15) is 47.6 Å². The fraction of sp³-hybridized carbons (Fsp3) is 0.583. The van der Waals surface area contributed by atoms with Crippen molar-refractivity contribution in [3.63, 3.8) is 0 Å². The number of phosphoric ester groups is 1. The highest BCUT2D eigenvalue weighted by atomic mass is 32.7. The van der Waals surface area contributed by atoms with Crippen LogP contribution < -0.4 is 11.3 Å². The molecule has 0 radical (unpaired) electrons. The molecule has 1 spiro atoms. The minimum Gasteiger partial charge on any atom is -0.396 e. The summed E-state index contributed by atoms with van der Waals surface area (Å²) in [5, 5.41) is 22.0. The average molecular weight is 731 g/mol. The number of anilines is 1. The van der Waals surface area contributed by atoms with Crippen LogP contribution in [0.3, 0.4) is 0 Å². The predicted molar refractivity (Wildman–Crippen MR) is 164 cm³/mol. The number of nitrogens with two attached hydrogens (primary N) is 1. The molecule has 8 rings (SSSR count). The third kappa shape index (κ3) is 5.11. The number of imidazole rings is 1. The smallest absolute Gasteiger partial charge is 0.396 e. The Hall–Kier alpha value is -2.39. The van der Waals surface area contributed by atoms with E-state index in [0.717, 1.165) is 11.5 Å². The van der Waals surface area contributed by atoms with E-state index in [9.17, 15) is 29.0 Å². The molecular weight excluding hydrogens is 702 g/mol. The van der Waals surface area contributed by atoms with Crippen LogP contribution in [0, 0.1) is 24.2 Å². The zero-order valence-electron chi connectivity index (χ0n) is 24.2. The lowest BCUT2D eigenvalue weighted by Gasteiger charge is -2.30. The predicted octanol–water partition coefficient (Wildman–Crippen LogP) is 1.04. The van der Waals surface area contributed by atoms with E-state index >= 15 is 0 Å². The van der Waals surface area contributed by atoms with Crippen LogP contribution in [0.5, 0.6) is 0 Å². The summed E-state index contributed by atoms with van der Waals surface area (Å²) >= 11 is 5.07. The first-order chi connectivity index (χ1) is 22.3. The van der Waals surface area contributed by atoms with Crippen LogP contribution >= 0.6 is 38.4 Å². The zero-order chi connectivity index (χ0) is 33.0. The topological polar surface area (TPSA) is 269 Å². The number of aromatic nitrogens is 7. The molecule has 4 fully saturated rings.